The molecule has 4 rings (SSSR count). The third-order valence-electron chi connectivity index (χ3n) is 6.14. The molecule has 0 saturated carbocycles. The zero-order chi connectivity index (χ0) is 26.7. The number of carbonyl (C=O) groups excluding carboxylic acids is 3. The van der Waals surface area contributed by atoms with E-state index in [1.807, 2.05) is 30.3 Å². The molecule has 1 aromatic carbocycles. The Hall–Kier alpha value is -3.66. The number of hydrogen-bond donors (Lipinski definition) is 3. The zero-order valence-corrected chi connectivity index (χ0v) is 22.0. The number of nitrogens with one attached hydrogen (secondary N) is 3. The summed E-state index contributed by atoms with van der Waals surface area (Å²) in [4.78, 5) is 44.6. The summed E-state index contributed by atoms with van der Waals surface area (Å²) in [5.74, 6) is -0.792. The van der Waals surface area contributed by atoms with Crippen molar-refractivity contribution >= 4 is 40.5 Å². The quantitative estimate of drug-likeness (QED) is 0.450. The number of amides is 3. The van der Waals surface area contributed by atoms with Crippen LogP contribution in [0.3, 0.4) is 0 Å². The van der Waals surface area contributed by atoms with Crippen LogP contribution in [0.4, 0.5) is 4.79 Å². The van der Waals surface area contributed by atoms with Gasteiger partial charge in [-0.1, -0.05) is 41.9 Å². The van der Waals surface area contributed by atoms with Crippen molar-refractivity contribution in [2.45, 2.75) is 64.3 Å². The van der Waals surface area contributed by atoms with Crippen molar-refractivity contribution in [3.05, 3.63) is 58.9 Å². The van der Waals surface area contributed by atoms with Crippen LogP contribution in [0.1, 0.15) is 51.2 Å². The third kappa shape index (κ3) is 6.37. The zero-order valence-electron chi connectivity index (χ0n) is 21.2. The Morgan fingerprint density at radius 1 is 1.24 bits per heavy atom. The third-order valence-corrected chi connectivity index (χ3v) is 6.43. The van der Waals surface area contributed by atoms with Gasteiger partial charge in [-0.25, -0.2) is 9.78 Å². The first-order valence-corrected chi connectivity index (χ1v) is 12.5. The van der Waals surface area contributed by atoms with E-state index in [-0.39, 0.29) is 18.4 Å². The number of benzene rings is 1. The number of nitrogens with zero attached hydrogens (tertiary/aromatic N) is 3. The van der Waals surface area contributed by atoms with Crippen LogP contribution in [0.2, 0.25) is 5.15 Å². The van der Waals surface area contributed by atoms with E-state index >= 15 is 0 Å². The molecule has 3 atom stereocenters. The molecular weight excluding hydrogens is 496 g/mol. The predicted molar refractivity (Wildman–Crippen MR) is 139 cm³/mol. The van der Waals surface area contributed by atoms with Gasteiger partial charge in [0, 0.05) is 25.2 Å². The SMILES string of the molecule is CC(NC(=O)C1CC(c2ccccc2)CN1C(=O)OC(C)(C)C)C(=O)NCc1cnc2n[nH]c(Cl)c2c1. The number of hydrogen-bond acceptors (Lipinski definition) is 6. The highest BCUT2D eigenvalue weighted by molar-refractivity contribution is 6.34. The van der Waals surface area contributed by atoms with Crippen LogP contribution in [-0.2, 0) is 20.9 Å². The topological polar surface area (TPSA) is 129 Å². The van der Waals surface area contributed by atoms with E-state index in [0.717, 1.165) is 11.1 Å². The van der Waals surface area contributed by atoms with Gasteiger partial charge in [-0.15, -0.1) is 0 Å². The predicted octanol–water partition coefficient (Wildman–Crippen LogP) is 3.53. The molecule has 0 spiro atoms. The Balaban J connectivity index is 1.40. The Labute approximate surface area is 220 Å². The van der Waals surface area contributed by atoms with E-state index in [0.29, 0.717) is 29.2 Å². The van der Waals surface area contributed by atoms with Gasteiger partial charge < -0.3 is 15.4 Å². The van der Waals surface area contributed by atoms with Gasteiger partial charge in [0.2, 0.25) is 11.8 Å². The minimum Gasteiger partial charge on any atom is -0.444 e. The Morgan fingerprint density at radius 2 is 1.97 bits per heavy atom. The van der Waals surface area contributed by atoms with Crippen LogP contribution < -0.4 is 10.6 Å². The van der Waals surface area contributed by atoms with Crippen LogP contribution in [0.5, 0.6) is 0 Å². The summed E-state index contributed by atoms with van der Waals surface area (Å²) in [5, 5.41) is 13.2. The van der Waals surface area contributed by atoms with Gasteiger partial charge in [-0.3, -0.25) is 19.6 Å². The molecule has 0 bridgehead atoms. The smallest absolute Gasteiger partial charge is 0.410 e. The van der Waals surface area contributed by atoms with Gasteiger partial charge in [-0.2, -0.15) is 5.10 Å². The molecule has 3 unspecified atom stereocenters. The number of H-pyrrole nitrogens is 1. The van der Waals surface area contributed by atoms with Gasteiger partial charge in [0.25, 0.3) is 0 Å². The summed E-state index contributed by atoms with van der Waals surface area (Å²) in [5.41, 5.74) is 1.57. The van der Waals surface area contributed by atoms with E-state index in [1.54, 1.807) is 40.0 Å². The number of pyridine rings is 1. The minimum atomic E-state index is -0.821. The highest BCUT2D eigenvalue weighted by Gasteiger charge is 2.42. The lowest BCUT2D eigenvalue weighted by Crippen LogP contribution is -2.52. The van der Waals surface area contributed by atoms with Crippen molar-refractivity contribution in [3.8, 4) is 0 Å². The van der Waals surface area contributed by atoms with Crippen molar-refractivity contribution < 1.29 is 19.1 Å². The summed E-state index contributed by atoms with van der Waals surface area (Å²) >= 11 is 6.07. The minimum absolute atomic E-state index is 0.0224. The second-order valence-corrected chi connectivity index (χ2v) is 10.6. The number of aromatic nitrogens is 3. The van der Waals surface area contributed by atoms with Crippen LogP contribution in [-0.4, -0.2) is 62.2 Å². The first kappa shape index (κ1) is 26.4. The molecule has 3 heterocycles. The molecule has 3 amide bonds. The van der Waals surface area contributed by atoms with Crippen molar-refractivity contribution in [1.82, 2.24) is 30.7 Å². The van der Waals surface area contributed by atoms with E-state index in [4.69, 9.17) is 16.3 Å². The van der Waals surface area contributed by atoms with E-state index in [1.165, 1.54) is 4.90 Å². The average Bonchev–Trinajstić information content (AvgIpc) is 3.46. The van der Waals surface area contributed by atoms with E-state index in [2.05, 4.69) is 25.8 Å². The maximum absolute atomic E-state index is 13.3. The number of likely N-dealkylation sites (tertiary alicyclic amines) is 1. The molecule has 1 fully saturated rings. The fraction of sp³-hybridized carbons (Fsp3) is 0.423. The molecule has 1 aliphatic heterocycles. The van der Waals surface area contributed by atoms with Gasteiger partial charge in [-0.05, 0) is 51.3 Å². The Bertz CT molecular complexity index is 1290. The maximum Gasteiger partial charge on any atom is 0.410 e. The van der Waals surface area contributed by atoms with E-state index in [9.17, 15) is 14.4 Å². The Morgan fingerprint density at radius 3 is 2.68 bits per heavy atom. The summed E-state index contributed by atoms with van der Waals surface area (Å²) in [7, 11) is 0. The van der Waals surface area contributed by atoms with E-state index < -0.39 is 29.7 Å². The van der Waals surface area contributed by atoms with Crippen molar-refractivity contribution in [2.24, 2.45) is 0 Å². The molecule has 10 nitrogen and oxygen atoms in total. The number of carbonyl (C=O) groups is 3. The molecule has 3 N–H and O–H groups in total. The van der Waals surface area contributed by atoms with Gasteiger partial charge in [0.1, 0.15) is 22.8 Å². The van der Waals surface area contributed by atoms with Gasteiger partial charge >= 0.3 is 6.09 Å². The van der Waals surface area contributed by atoms with Crippen LogP contribution >= 0.6 is 11.6 Å². The van der Waals surface area contributed by atoms with Crippen LogP contribution in [0.25, 0.3) is 11.0 Å². The van der Waals surface area contributed by atoms with Crippen molar-refractivity contribution in [3.63, 3.8) is 0 Å². The summed E-state index contributed by atoms with van der Waals surface area (Å²) in [6.07, 6.45) is 1.48. The molecule has 2 aromatic heterocycles. The molecule has 37 heavy (non-hydrogen) atoms. The first-order chi connectivity index (χ1) is 17.5. The second-order valence-electron chi connectivity index (χ2n) is 10.2. The summed E-state index contributed by atoms with van der Waals surface area (Å²) < 4.78 is 5.57. The maximum atomic E-state index is 13.3. The monoisotopic (exact) mass is 526 g/mol. The fourth-order valence-corrected chi connectivity index (χ4v) is 4.48. The molecule has 0 aliphatic carbocycles. The highest BCUT2D eigenvalue weighted by atomic mass is 35.5. The second kappa shape index (κ2) is 10.8. The van der Waals surface area contributed by atoms with Gasteiger partial charge in [0.05, 0.1) is 5.39 Å². The van der Waals surface area contributed by atoms with Gasteiger partial charge in [0.15, 0.2) is 5.65 Å². The number of ether oxygens (including phenoxy) is 1. The number of halogens is 1. The van der Waals surface area contributed by atoms with Crippen molar-refractivity contribution in [1.29, 1.82) is 0 Å². The average molecular weight is 527 g/mol. The summed E-state index contributed by atoms with van der Waals surface area (Å²) in [6, 6.07) is 9.96. The lowest BCUT2D eigenvalue weighted by molar-refractivity contribution is -0.131. The standard InChI is InChI=1S/C26H31ClN6O4/c1-15(23(34)29-13-16-10-19-21(27)31-32-22(19)28-12-16)30-24(35)20-11-18(17-8-6-5-7-9-17)14-33(20)25(36)37-26(2,3)4/h5-10,12,15,18,20H,11,13-14H2,1-4H3,(H,29,34)(H,30,35)(H,28,31,32). The van der Waals surface area contributed by atoms with Crippen LogP contribution in [0, 0.1) is 0 Å². The Kier molecular flexibility index (Phi) is 7.68. The molecule has 1 saturated heterocycles. The largest absolute Gasteiger partial charge is 0.444 e. The summed E-state index contributed by atoms with van der Waals surface area (Å²) in [6.45, 7) is 7.50. The molecule has 3 aromatic rings. The fourth-order valence-electron chi connectivity index (χ4n) is 4.30. The van der Waals surface area contributed by atoms with Crippen molar-refractivity contribution in [2.75, 3.05) is 6.54 Å². The molecule has 1 aliphatic rings. The highest BCUT2D eigenvalue weighted by Crippen LogP contribution is 2.33. The first-order valence-electron chi connectivity index (χ1n) is 12.1. The molecule has 0 radical (unpaired) electrons. The molecule has 196 valence electrons. The number of aromatic amines is 1. The number of rotatable bonds is 6. The lowest BCUT2D eigenvalue weighted by atomic mass is 9.96. The van der Waals surface area contributed by atoms with Crippen LogP contribution in [0.15, 0.2) is 42.6 Å². The molecule has 11 heteroatoms. The lowest BCUT2D eigenvalue weighted by Gasteiger charge is -2.28. The number of fused-ring (bicyclic) bond motifs is 1. The molecular formula is C26H31ClN6O4. The normalized spacial score (nSPS) is 18.5.